The van der Waals surface area contributed by atoms with Crippen LogP contribution in [0.4, 0.5) is 5.69 Å². The summed E-state index contributed by atoms with van der Waals surface area (Å²) in [6.45, 7) is 1.94. The van der Waals surface area contributed by atoms with Crippen molar-refractivity contribution in [2.75, 3.05) is 32.8 Å². The average molecular weight is 443 g/mol. The third kappa shape index (κ3) is 7.98. The molecule has 2 N–H and O–H groups in total. The minimum Gasteiger partial charge on any atom is -0.497 e. The zero-order valence-corrected chi connectivity index (χ0v) is 18.0. The van der Waals surface area contributed by atoms with Gasteiger partial charge in [0.05, 0.1) is 27.0 Å². The Balaban J connectivity index is 1.90. The second kappa shape index (κ2) is 12.6. The number of carbonyl (C=O) groups is 3. The Morgan fingerprint density at radius 1 is 1.00 bits per heavy atom. The highest BCUT2D eigenvalue weighted by molar-refractivity contribution is 6.03. The van der Waals surface area contributed by atoms with Crippen LogP contribution >= 0.6 is 0 Å². The lowest BCUT2D eigenvalue weighted by Gasteiger charge is -2.11. The molecule has 0 heterocycles. The van der Waals surface area contributed by atoms with Gasteiger partial charge in [0.1, 0.15) is 12.2 Å². The van der Waals surface area contributed by atoms with Gasteiger partial charge in [0, 0.05) is 11.8 Å². The lowest BCUT2D eigenvalue weighted by atomic mass is 10.2. The van der Waals surface area contributed by atoms with E-state index in [0.29, 0.717) is 35.1 Å². The van der Waals surface area contributed by atoms with Crippen molar-refractivity contribution in [1.29, 1.82) is 0 Å². The maximum atomic E-state index is 12.0. The van der Waals surface area contributed by atoms with Crippen LogP contribution < -0.4 is 25.0 Å². The van der Waals surface area contributed by atoms with Crippen molar-refractivity contribution in [3.63, 3.8) is 0 Å². The van der Waals surface area contributed by atoms with E-state index in [1.54, 1.807) is 42.5 Å². The number of nitrogens with zero attached hydrogens (tertiary/aromatic N) is 1. The van der Waals surface area contributed by atoms with E-state index in [-0.39, 0.29) is 6.61 Å². The molecule has 0 bridgehead atoms. The van der Waals surface area contributed by atoms with Crippen molar-refractivity contribution in [2.45, 2.75) is 13.3 Å². The molecule has 0 aliphatic heterocycles. The molecule has 0 aliphatic rings. The van der Waals surface area contributed by atoms with Crippen molar-refractivity contribution >= 4 is 29.7 Å². The third-order valence-corrected chi connectivity index (χ3v) is 3.92. The number of benzene rings is 2. The molecule has 0 radical (unpaired) electrons. The van der Waals surface area contributed by atoms with Crippen LogP contribution in [-0.4, -0.2) is 51.4 Å². The fraction of sp³-hybridized carbons (Fsp3) is 0.273. The first-order chi connectivity index (χ1) is 15.4. The van der Waals surface area contributed by atoms with Gasteiger partial charge in [-0.2, -0.15) is 5.10 Å². The van der Waals surface area contributed by atoms with E-state index in [2.05, 4.69) is 20.6 Å². The van der Waals surface area contributed by atoms with Crippen molar-refractivity contribution in [3.05, 3.63) is 48.0 Å². The van der Waals surface area contributed by atoms with E-state index in [0.717, 1.165) is 0 Å². The highest BCUT2D eigenvalue weighted by atomic mass is 16.6. The number of hydrogen-bond donors (Lipinski definition) is 2. The van der Waals surface area contributed by atoms with Crippen LogP contribution in [0.3, 0.4) is 0 Å². The van der Waals surface area contributed by atoms with Gasteiger partial charge in [-0.05, 0) is 42.8 Å². The maximum Gasteiger partial charge on any atom is 0.343 e. The summed E-state index contributed by atoms with van der Waals surface area (Å²) in [6.07, 6.45) is 0.990. The summed E-state index contributed by atoms with van der Waals surface area (Å²) in [5.41, 5.74) is 3.42. The van der Waals surface area contributed by atoms with Crippen LogP contribution in [0.25, 0.3) is 0 Å². The van der Waals surface area contributed by atoms with Gasteiger partial charge in [-0.1, -0.05) is 6.07 Å². The van der Waals surface area contributed by atoms with Crippen LogP contribution in [0.15, 0.2) is 47.6 Å². The predicted octanol–water partition coefficient (Wildman–Crippen LogP) is 2.12. The first-order valence-corrected chi connectivity index (χ1v) is 9.67. The summed E-state index contributed by atoms with van der Waals surface area (Å²) in [4.78, 5) is 35.2. The predicted molar refractivity (Wildman–Crippen MR) is 117 cm³/mol. The molecule has 0 saturated heterocycles. The molecule has 2 aromatic rings. The minimum absolute atomic E-state index is 0.252. The lowest BCUT2D eigenvalue weighted by molar-refractivity contribution is -0.143. The molecule has 0 unspecified atom stereocenters. The highest BCUT2D eigenvalue weighted by Gasteiger charge is 2.11. The topological polar surface area (TPSA) is 125 Å². The number of rotatable bonds is 11. The number of amides is 2. The fourth-order valence-corrected chi connectivity index (χ4v) is 2.46. The molecule has 2 aromatic carbocycles. The van der Waals surface area contributed by atoms with Gasteiger partial charge in [0.2, 0.25) is 11.8 Å². The summed E-state index contributed by atoms with van der Waals surface area (Å²) in [7, 11) is 2.79. The lowest BCUT2D eigenvalue weighted by Crippen LogP contribution is -2.24. The van der Waals surface area contributed by atoms with E-state index in [4.69, 9.17) is 14.2 Å². The molecule has 170 valence electrons. The van der Waals surface area contributed by atoms with Crippen molar-refractivity contribution in [3.8, 4) is 17.2 Å². The second-order valence-corrected chi connectivity index (χ2v) is 6.25. The van der Waals surface area contributed by atoms with Gasteiger partial charge in [-0.3, -0.25) is 9.59 Å². The molecule has 2 amide bonds. The highest BCUT2D eigenvalue weighted by Crippen LogP contribution is 2.28. The van der Waals surface area contributed by atoms with Crippen LogP contribution in [0, 0.1) is 0 Å². The van der Waals surface area contributed by atoms with Gasteiger partial charge in [-0.15, -0.1) is 0 Å². The second-order valence-electron chi connectivity index (χ2n) is 6.25. The van der Waals surface area contributed by atoms with Gasteiger partial charge < -0.3 is 24.3 Å². The largest absolute Gasteiger partial charge is 0.497 e. The van der Waals surface area contributed by atoms with Crippen LogP contribution in [0.1, 0.15) is 18.9 Å². The van der Waals surface area contributed by atoms with E-state index in [1.165, 1.54) is 20.4 Å². The Bertz CT molecular complexity index is 976. The number of ether oxygens (including phenoxy) is 4. The Morgan fingerprint density at radius 2 is 1.81 bits per heavy atom. The van der Waals surface area contributed by atoms with Crippen LogP contribution in [-0.2, 0) is 19.1 Å². The van der Waals surface area contributed by atoms with Gasteiger partial charge in [0.25, 0.3) is 0 Å². The van der Waals surface area contributed by atoms with E-state index in [1.807, 2.05) is 6.92 Å². The number of anilines is 1. The van der Waals surface area contributed by atoms with Crippen LogP contribution in [0.2, 0.25) is 0 Å². The molecule has 0 aliphatic carbocycles. The summed E-state index contributed by atoms with van der Waals surface area (Å²) in [5.74, 6) is -0.223. The number of esters is 1. The molecule has 0 saturated carbocycles. The monoisotopic (exact) mass is 443 g/mol. The first kappa shape index (κ1) is 24.2. The Labute approximate surface area is 185 Å². The molecule has 0 spiro atoms. The Kier molecular flexibility index (Phi) is 9.51. The molecule has 0 fully saturated rings. The van der Waals surface area contributed by atoms with E-state index >= 15 is 0 Å². The summed E-state index contributed by atoms with van der Waals surface area (Å²) in [6, 6.07) is 11.7. The average Bonchev–Trinajstić information content (AvgIpc) is 2.78. The van der Waals surface area contributed by atoms with E-state index < -0.39 is 24.2 Å². The summed E-state index contributed by atoms with van der Waals surface area (Å²) in [5, 5.41) is 6.46. The molecule has 10 nitrogen and oxygen atoms in total. The zero-order valence-electron chi connectivity index (χ0n) is 18.0. The molecule has 32 heavy (non-hydrogen) atoms. The standard InChI is InChI=1S/C22H25N3O7/c1-4-31-19-10-15(8-9-18(19)32-14-22(28)30-3)13-23-25-21(27)12-20(26)24-16-6-5-7-17(11-16)29-2/h5-11,13H,4,12,14H2,1-3H3,(H,24,26)(H,25,27). The molecule has 10 heteroatoms. The number of methoxy groups -OCH3 is 2. The summed E-state index contributed by atoms with van der Waals surface area (Å²) < 4.78 is 20.5. The number of nitrogens with one attached hydrogen (secondary N) is 2. The Hall–Kier alpha value is -4.08. The first-order valence-electron chi connectivity index (χ1n) is 9.67. The van der Waals surface area contributed by atoms with Gasteiger partial charge in [-0.25, -0.2) is 10.2 Å². The van der Waals surface area contributed by atoms with Gasteiger partial charge in [0.15, 0.2) is 18.1 Å². The number of hydrogen-bond acceptors (Lipinski definition) is 8. The molecule has 2 rings (SSSR count). The molecule has 0 aromatic heterocycles. The minimum atomic E-state index is -0.579. The summed E-state index contributed by atoms with van der Waals surface area (Å²) >= 11 is 0. The van der Waals surface area contributed by atoms with Crippen LogP contribution in [0.5, 0.6) is 17.2 Å². The molecular formula is C22H25N3O7. The molecular weight excluding hydrogens is 418 g/mol. The van der Waals surface area contributed by atoms with Gasteiger partial charge >= 0.3 is 5.97 Å². The number of hydrazone groups is 1. The molecule has 0 atom stereocenters. The smallest absolute Gasteiger partial charge is 0.343 e. The number of carbonyl (C=O) groups excluding carboxylic acids is 3. The fourth-order valence-electron chi connectivity index (χ4n) is 2.46. The van der Waals surface area contributed by atoms with Crippen molar-refractivity contribution in [1.82, 2.24) is 5.43 Å². The third-order valence-electron chi connectivity index (χ3n) is 3.92. The maximum absolute atomic E-state index is 12.0. The quantitative estimate of drug-likeness (QED) is 0.236. The van der Waals surface area contributed by atoms with E-state index in [9.17, 15) is 14.4 Å². The SMILES string of the molecule is CCOc1cc(C=NNC(=O)CC(=O)Nc2cccc(OC)c2)ccc1OCC(=O)OC. The van der Waals surface area contributed by atoms with Crippen molar-refractivity contribution < 1.29 is 33.3 Å². The Morgan fingerprint density at radius 3 is 2.53 bits per heavy atom. The van der Waals surface area contributed by atoms with Crippen molar-refractivity contribution in [2.24, 2.45) is 5.10 Å². The zero-order chi connectivity index (χ0) is 23.3. The normalized spacial score (nSPS) is 10.3.